The average molecular weight is 315 g/mol. The summed E-state index contributed by atoms with van der Waals surface area (Å²) in [7, 11) is 1.33. The van der Waals surface area contributed by atoms with Crippen LogP contribution in [0.2, 0.25) is 0 Å². The normalized spacial score (nSPS) is 11.8. The Balaban J connectivity index is 1.97. The van der Waals surface area contributed by atoms with E-state index in [4.69, 9.17) is 0 Å². The van der Waals surface area contributed by atoms with E-state index in [1.165, 1.54) is 18.4 Å². The molecule has 3 aromatic rings. The first kappa shape index (κ1) is 14.3. The molecule has 112 valence electrons. The lowest BCUT2D eigenvalue weighted by atomic mass is 10.2. The summed E-state index contributed by atoms with van der Waals surface area (Å²) in [6.45, 7) is 1.84. The van der Waals surface area contributed by atoms with Crippen molar-refractivity contribution in [1.29, 1.82) is 0 Å². The van der Waals surface area contributed by atoms with E-state index in [1.807, 2.05) is 18.4 Å². The van der Waals surface area contributed by atoms with E-state index in [9.17, 15) is 9.59 Å². The SMILES string of the molecule is COC(=O)c1ccc(C=C(C)c2nc3sccc3c(=O)[nH]2)[nH]1. The standard InChI is InChI=1S/C15H13N3O3S/c1-8(7-9-3-4-11(16-9)15(20)21-2)12-17-13(19)10-5-6-22-14(10)18-12/h3-7,16H,1-2H3,(H,17,18,19). The molecule has 0 aliphatic rings. The molecule has 0 radical (unpaired) electrons. The minimum Gasteiger partial charge on any atom is -0.464 e. The number of rotatable bonds is 3. The number of allylic oxidation sites excluding steroid dienone is 1. The Morgan fingerprint density at radius 1 is 1.32 bits per heavy atom. The molecule has 0 aliphatic carbocycles. The van der Waals surface area contributed by atoms with E-state index < -0.39 is 5.97 Å². The van der Waals surface area contributed by atoms with Crippen molar-refractivity contribution in [2.75, 3.05) is 7.11 Å². The molecule has 0 bridgehead atoms. The van der Waals surface area contributed by atoms with Crippen LogP contribution in [0, 0.1) is 0 Å². The van der Waals surface area contributed by atoms with Crippen molar-refractivity contribution in [1.82, 2.24) is 15.0 Å². The number of thiophene rings is 1. The third-order valence-corrected chi connectivity index (χ3v) is 4.00. The molecular weight excluding hydrogens is 302 g/mol. The summed E-state index contributed by atoms with van der Waals surface area (Å²) in [5.74, 6) is 0.0815. The van der Waals surface area contributed by atoms with E-state index in [0.29, 0.717) is 21.7 Å². The largest absolute Gasteiger partial charge is 0.464 e. The summed E-state index contributed by atoms with van der Waals surface area (Å²) in [5, 5.41) is 2.43. The summed E-state index contributed by atoms with van der Waals surface area (Å²) in [6, 6.07) is 5.16. The molecule has 0 spiro atoms. The molecule has 2 N–H and O–H groups in total. The van der Waals surface area contributed by atoms with Gasteiger partial charge in [0.15, 0.2) is 0 Å². The minimum absolute atomic E-state index is 0.157. The van der Waals surface area contributed by atoms with Crippen molar-refractivity contribution in [2.24, 2.45) is 0 Å². The highest BCUT2D eigenvalue weighted by atomic mass is 32.1. The second-order valence-corrected chi connectivity index (χ2v) is 5.59. The zero-order valence-electron chi connectivity index (χ0n) is 12.0. The fourth-order valence-corrected chi connectivity index (χ4v) is 2.84. The molecule has 0 atom stereocenters. The van der Waals surface area contributed by atoms with Gasteiger partial charge in [-0.15, -0.1) is 11.3 Å². The summed E-state index contributed by atoms with van der Waals surface area (Å²) in [6.07, 6.45) is 1.81. The van der Waals surface area contributed by atoms with Crippen LogP contribution in [-0.2, 0) is 4.74 Å². The number of methoxy groups -OCH3 is 1. The number of aromatic nitrogens is 3. The highest BCUT2D eigenvalue weighted by molar-refractivity contribution is 7.16. The smallest absolute Gasteiger partial charge is 0.354 e. The van der Waals surface area contributed by atoms with Crippen LogP contribution in [0.15, 0.2) is 28.4 Å². The number of aromatic amines is 2. The lowest BCUT2D eigenvalue weighted by Crippen LogP contribution is -2.09. The molecule has 0 saturated carbocycles. The molecule has 0 fully saturated rings. The highest BCUT2D eigenvalue weighted by Gasteiger charge is 2.09. The van der Waals surface area contributed by atoms with Gasteiger partial charge in [-0.25, -0.2) is 9.78 Å². The molecule has 22 heavy (non-hydrogen) atoms. The first-order chi connectivity index (χ1) is 10.6. The van der Waals surface area contributed by atoms with Crippen molar-refractivity contribution in [2.45, 2.75) is 6.92 Å². The number of carbonyl (C=O) groups is 1. The van der Waals surface area contributed by atoms with Crippen LogP contribution in [0.3, 0.4) is 0 Å². The molecular formula is C15H13N3O3S. The topological polar surface area (TPSA) is 87.8 Å². The van der Waals surface area contributed by atoms with E-state index in [0.717, 1.165) is 11.3 Å². The number of fused-ring (bicyclic) bond motifs is 1. The third kappa shape index (κ3) is 2.58. The zero-order chi connectivity index (χ0) is 15.7. The molecule has 3 heterocycles. The van der Waals surface area contributed by atoms with Crippen LogP contribution >= 0.6 is 11.3 Å². The molecule has 0 aliphatic heterocycles. The first-order valence-corrected chi connectivity index (χ1v) is 7.40. The number of hydrogen-bond acceptors (Lipinski definition) is 5. The lowest BCUT2D eigenvalue weighted by molar-refractivity contribution is 0.0595. The summed E-state index contributed by atoms with van der Waals surface area (Å²) >= 11 is 1.42. The Hall–Kier alpha value is -2.67. The van der Waals surface area contributed by atoms with Crippen LogP contribution in [0.25, 0.3) is 21.9 Å². The van der Waals surface area contributed by atoms with Crippen LogP contribution < -0.4 is 5.56 Å². The number of carbonyl (C=O) groups excluding carboxylic acids is 1. The Labute approximate surface area is 129 Å². The van der Waals surface area contributed by atoms with Crippen molar-refractivity contribution in [3.05, 3.63) is 51.1 Å². The van der Waals surface area contributed by atoms with E-state index in [1.54, 1.807) is 18.2 Å². The summed E-state index contributed by atoms with van der Waals surface area (Å²) in [4.78, 5) is 34.2. The van der Waals surface area contributed by atoms with E-state index in [-0.39, 0.29) is 5.56 Å². The van der Waals surface area contributed by atoms with Gasteiger partial charge in [-0.1, -0.05) is 0 Å². The van der Waals surface area contributed by atoms with Gasteiger partial charge in [0.25, 0.3) is 5.56 Å². The van der Waals surface area contributed by atoms with Crippen LogP contribution in [0.1, 0.15) is 28.9 Å². The minimum atomic E-state index is -0.427. The van der Waals surface area contributed by atoms with Gasteiger partial charge in [-0.05, 0) is 42.2 Å². The van der Waals surface area contributed by atoms with Crippen LogP contribution in [0.4, 0.5) is 0 Å². The van der Waals surface area contributed by atoms with Gasteiger partial charge >= 0.3 is 5.97 Å². The Kier molecular flexibility index (Phi) is 3.64. The van der Waals surface area contributed by atoms with Crippen LogP contribution in [0.5, 0.6) is 0 Å². The van der Waals surface area contributed by atoms with Crippen LogP contribution in [-0.4, -0.2) is 28.0 Å². The maximum atomic E-state index is 12.0. The Morgan fingerprint density at radius 2 is 2.14 bits per heavy atom. The van der Waals surface area contributed by atoms with Crippen molar-refractivity contribution >= 4 is 39.2 Å². The summed E-state index contributed by atoms with van der Waals surface area (Å²) in [5.41, 5.74) is 1.73. The molecule has 0 amide bonds. The molecule has 0 aromatic carbocycles. The third-order valence-electron chi connectivity index (χ3n) is 3.19. The molecule has 0 unspecified atom stereocenters. The maximum absolute atomic E-state index is 12.0. The number of nitrogens with zero attached hydrogens (tertiary/aromatic N) is 1. The molecule has 6 nitrogen and oxygen atoms in total. The number of esters is 1. The van der Waals surface area contributed by atoms with Gasteiger partial charge in [-0.2, -0.15) is 0 Å². The number of ether oxygens (including phenoxy) is 1. The van der Waals surface area contributed by atoms with Gasteiger partial charge in [0.2, 0.25) is 0 Å². The fraction of sp³-hybridized carbons (Fsp3) is 0.133. The number of hydrogen-bond donors (Lipinski definition) is 2. The quantitative estimate of drug-likeness (QED) is 0.727. The molecule has 3 aromatic heterocycles. The summed E-state index contributed by atoms with van der Waals surface area (Å²) < 4.78 is 4.64. The number of H-pyrrole nitrogens is 2. The number of nitrogens with one attached hydrogen (secondary N) is 2. The van der Waals surface area contributed by atoms with Crippen molar-refractivity contribution < 1.29 is 9.53 Å². The molecule has 0 saturated heterocycles. The Morgan fingerprint density at radius 3 is 2.91 bits per heavy atom. The van der Waals surface area contributed by atoms with Gasteiger partial charge in [0.05, 0.1) is 12.5 Å². The average Bonchev–Trinajstić information content (AvgIpc) is 3.15. The second kappa shape index (κ2) is 5.61. The monoisotopic (exact) mass is 315 g/mol. The molecule has 3 rings (SSSR count). The fourth-order valence-electron chi connectivity index (χ4n) is 2.08. The maximum Gasteiger partial charge on any atom is 0.354 e. The lowest BCUT2D eigenvalue weighted by Gasteiger charge is -2.00. The zero-order valence-corrected chi connectivity index (χ0v) is 12.8. The van der Waals surface area contributed by atoms with E-state index >= 15 is 0 Å². The van der Waals surface area contributed by atoms with Gasteiger partial charge in [0.1, 0.15) is 16.3 Å². The van der Waals surface area contributed by atoms with Crippen molar-refractivity contribution in [3.63, 3.8) is 0 Å². The second-order valence-electron chi connectivity index (χ2n) is 4.70. The highest BCUT2D eigenvalue weighted by Crippen LogP contribution is 2.18. The Bertz CT molecular complexity index is 933. The van der Waals surface area contributed by atoms with Crippen molar-refractivity contribution in [3.8, 4) is 0 Å². The first-order valence-electron chi connectivity index (χ1n) is 6.52. The van der Waals surface area contributed by atoms with Gasteiger partial charge < -0.3 is 14.7 Å². The molecule has 7 heteroatoms. The van der Waals surface area contributed by atoms with Gasteiger partial charge in [-0.3, -0.25) is 4.79 Å². The van der Waals surface area contributed by atoms with E-state index in [2.05, 4.69) is 19.7 Å². The van der Waals surface area contributed by atoms with Gasteiger partial charge in [0, 0.05) is 5.69 Å². The predicted octanol–water partition coefficient (Wildman–Crippen LogP) is 2.66. The predicted molar refractivity (Wildman–Crippen MR) is 85.9 cm³/mol.